The number of methoxy groups -OCH3 is 1. The summed E-state index contributed by atoms with van der Waals surface area (Å²) in [5.41, 5.74) is 4.53. The maximum atomic E-state index is 12.3. The third-order valence-corrected chi connectivity index (χ3v) is 1.67. The molecule has 0 bridgehead atoms. The molecule has 1 aromatic rings. The topological polar surface area (TPSA) is 101 Å². The number of alkyl halides is 2. The maximum absolute atomic E-state index is 12.3. The number of rotatable bonds is 3. The molecule has 0 atom stereocenters. The number of hydrogen-bond acceptors (Lipinski definition) is 6. The van der Waals surface area contributed by atoms with Crippen LogP contribution in [0.1, 0.15) is 5.56 Å². The highest BCUT2D eigenvalue weighted by Crippen LogP contribution is 2.30. The van der Waals surface area contributed by atoms with E-state index in [0.29, 0.717) is 0 Å². The molecule has 0 amide bonds. The number of nitrogen functional groups attached to an aromatic ring is 1. The number of ether oxygens (including phenoxy) is 1. The largest absolute Gasteiger partial charge is 0.481 e. The summed E-state index contributed by atoms with van der Waals surface area (Å²) in [6.07, 6.45) is -2.65. The number of nitrogens with two attached hydrogens (primary N) is 1. The Bertz CT molecular complexity index is 359. The van der Waals surface area contributed by atoms with E-state index in [4.69, 9.17) is 15.9 Å². The molecule has 0 radical (unpaired) electrons. The number of hydrogen-bond donors (Lipinski definition) is 3. The average Bonchev–Trinajstić information content (AvgIpc) is 2.16. The summed E-state index contributed by atoms with van der Waals surface area (Å²) in [5, 5.41) is 18.1. The summed E-state index contributed by atoms with van der Waals surface area (Å²) in [7, 11) is 1.13. The first-order chi connectivity index (χ1) is 6.89. The Morgan fingerprint density at radius 2 is 2.13 bits per heavy atom. The van der Waals surface area contributed by atoms with Crippen molar-refractivity contribution in [2.75, 3.05) is 12.8 Å². The fourth-order valence-electron chi connectivity index (χ4n) is 0.905. The van der Waals surface area contributed by atoms with Crippen LogP contribution in [0.3, 0.4) is 0 Å². The zero-order valence-electron chi connectivity index (χ0n) is 7.69. The van der Waals surface area contributed by atoms with Crippen molar-refractivity contribution in [1.82, 2.24) is 9.97 Å². The van der Waals surface area contributed by atoms with Crippen LogP contribution >= 0.6 is 0 Å². The van der Waals surface area contributed by atoms with Crippen molar-refractivity contribution in [2.24, 2.45) is 0 Å². The van der Waals surface area contributed by atoms with Crippen molar-refractivity contribution in [3.8, 4) is 5.88 Å². The van der Waals surface area contributed by atoms with E-state index in [9.17, 15) is 8.78 Å². The molecule has 0 aliphatic heterocycles. The lowest BCUT2D eigenvalue weighted by Crippen LogP contribution is -2.34. The van der Waals surface area contributed by atoms with Crippen LogP contribution in [0, 0.1) is 0 Å². The fraction of sp³-hybridized carbons (Fsp3) is 0.429. The summed E-state index contributed by atoms with van der Waals surface area (Å²) in [6, 6.07) is 0. The van der Waals surface area contributed by atoms with E-state index in [0.717, 1.165) is 13.3 Å². The van der Waals surface area contributed by atoms with E-state index < -0.39 is 23.7 Å². The van der Waals surface area contributed by atoms with Gasteiger partial charge in [-0.25, -0.2) is 13.8 Å². The zero-order chi connectivity index (χ0) is 11.6. The van der Waals surface area contributed by atoms with E-state index in [1.165, 1.54) is 0 Å². The van der Waals surface area contributed by atoms with Crippen LogP contribution in [0.2, 0.25) is 0 Å². The number of aromatic nitrogens is 2. The smallest absolute Gasteiger partial charge is 0.296 e. The minimum Gasteiger partial charge on any atom is -0.481 e. The summed E-state index contributed by atoms with van der Waals surface area (Å²) < 4.78 is 29.1. The van der Waals surface area contributed by atoms with Crippen molar-refractivity contribution in [1.29, 1.82) is 0 Å². The van der Waals surface area contributed by atoms with Crippen LogP contribution < -0.4 is 10.5 Å². The third kappa shape index (κ3) is 2.10. The molecule has 1 heterocycles. The van der Waals surface area contributed by atoms with Gasteiger partial charge < -0.3 is 20.7 Å². The molecule has 6 nitrogen and oxygen atoms in total. The molecule has 4 N–H and O–H groups in total. The van der Waals surface area contributed by atoms with E-state index in [-0.39, 0.29) is 5.95 Å². The van der Waals surface area contributed by atoms with Gasteiger partial charge >= 0.3 is 0 Å². The van der Waals surface area contributed by atoms with Crippen molar-refractivity contribution in [2.45, 2.75) is 12.2 Å². The Morgan fingerprint density at radius 1 is 1.53 bits per heavy atom. The Kier molecular flexibility index (Phi) is 3.01. The first kappa shape index (κ1) is 11.5. The highest BCUT2D eigenvalue weighted by atomic mass is 19.3. The van der Waals surface area contributed by atoms with Gasteiger partial charge in [0.25, 0.3) is 12.2 Å². The van der Waals surface area contributed by atoms with Crippen LogP contribution in [0.25, 0.3) is 0 Å². The maximum Gasteiger partial charge on any atom is 0.296 e. The molecular weight excluding hydrogens is 212 g/mol. The quantitative estimate of drug-likeness (QED) is 0.593. The molecule has 0 unspecified atom stereocenters. The zero-order valence-corrected chi connectivity index (χ0v) is 7.69. The van der Waals surface area contributed by atoms with Gasteiger partial charge in [-0.1, -0.05) is 0 Å². The standard InChI is InChI=1S/C7H9F2N3O3/c1-15-4-3(2-11-6(10)12-4)7(13,14)5(8)9/h2,5,13-14H,1H3,(H2,10,11,12). The monoisotopic (exact) mass is 221 g/mol. The molecule has 0 saturated carbocycles. The fourth-order valence-corrected chi connectivity index (χ4v) is 0.905. The van der Waals surface area contributed by atoms with E-state index in [2.05, 4.69) is 14.7 Å². The molecule has 0 saturated heterocycles. The van der Waals surface area contributed by atoms with Crippen LogP contribution in [0.5, 0.6) is 5.88 Å². The van der Waals surface area contributed by atoms with Gasteiger partial charge in [0, 0.05) is 6.20 Å². The second-order valence-corrected chi connectivity index (χ2v) is 2.68. The lowest BCUT2D eigenvalue weighted by molar-refractivity contribution is -0.249. The molecule has 84 valence electrons. The molecule has 0 spiro atoms. The Morgan fingerprint density at radius 3 is 2.60 bits per heavy atom. The average molecular weight is 221 g/mol. The van der Waals surface area contributed by atoms with E-state index >= 15 is 0 Å². The first-order valence-corrected chi connectivity index (χ1v) is 3.79. The molecule has 1 rings (SSSR count). The minimum absolute atomic E-state index is 0.222. The minimum atomic E-state index is -3.42. The molecule has 15 heavy (non-hydrogen) atoms. The third-order valence-electron chi connectivity index (χ3n) is 1.67. The molecule has 8 heteroatoms. The van der Waals surface area contributed by atoms with Crippen LogP contribution in [-0.4, -0.2) is 33.7 Å². The lowest BCUT2D eigenvalue weighted by Gasteiger charge is -2.21. The number of anilines is 1. The van der Waals surface area contributed by atoms with Gasteiger partial charge in [-0.3, -0.25) is 0 Å². The summed E-state index contributed by atoms with van der Waals surface area (Å²) in [4.78, 5) is 6.80. The highest BCUT2D eigenvalue weighted by molar-refractivity contribution is 5.33. The normalized spacial score (nSPS) is 11.9. The summed E-state index contributed by atoms with van der Waals surface area (Å²) >= 11 is 0. The van der Waals surface area contributed by atoms with Gasteiger partial charge in [0.15, 0.2) is 0 Å². The van der Waals surface area contributed by atoms with Gasteiger partial charge in [0.05, 0.1) is 12.7 Å². The number of nitrogens with zero attached hydrogens (tertiary/aromatic N) is 2. The molecule has 0 aliphatic rings. The molecule has 0 fully saturated rings. The second-order valence-electron chi connectivity index (χ2n) is 2.68. The first-order valence-electron chi connectivity index (χ1n) is 3.79. The summed E-state index contributed by atoms with van der Waals surface area (Å²) in [6.45, 7) is 0. The van der Waals surface area contributed by atoms with E-state index in [1.54, 1.807) is 0 Å². The van der Waals surface area contributed by atoms with Crippen LogP contribution in [0.4, 0.5) is 14.7 Å². The predicted octanol–water partition coefficient (Wildman–Crippen LogP) is -0.530. The van der Waals surface area contributed by atoms with Gasteiger partial charge in [0.1, 0.15) is 0 Å². The van der Waals surface area contributed by atoms with Gasteiger partial charge in [0.2, 0.25) is 11.8 Å². The number of halogens is 2. The highest BCUT2D eigenvalue weighted by Gasteiger charge is 2.41. The van der Waals surface area contributed by atoms with Crippen LogP contribution in [0.15, 0.2) is 6.20 Å². The lowest BCUT2D eigenvalue weighted by atomic mass is 10.1. The molecule has 0 aliphatic carbocycles. The van der Waals surface area contributed by atoms with Gasteiger partial charge in [-0.2, -0.15) is 4.98 Å². The van der Waals surface area contributed by atoms with E-state index in [1.807, 2.05) is 0 Å². The Hall–Kier alpha value is -1.54. The van der Waals surface area contributed by atoms with Crippen LogP contribution in [-0.2, 0) is 5.79 Å². The molecular formula is C7H9F2N3O3. The SMILES string of the molecule is COc1nc(N)ncc1C(O)(O)C(F)F. The molecule has 1 aromatic heterocycles. The van der Waals surface area contributed by atoms with Crippen molar-refractivity contribution >= 4 is 5.95 Å². The van der Waals surface area contributed by atoms with Gasteiger partial charge in [-0.15, -0.1) is 0 Å². The van der Waals surface area contributed by atoms with Gasteiger partial charge in [-0.05, 0) is 0 Å². The Balaban J connectivity index is 3.24. The number of aliphatic hydroxyl groups is 2. The van der Waals surface area contributed by atoms with Crippen molar-refractivity contribution in [3.63, 3.8) is 0 Å². The molecule has 0 aromatic carbocycles. The second kappa shape index (κ2) is 3.91. The predicted molar refractivity (Wildman–Crippen MR) is 45.1 cm³/mol. The summed E-state index contributed by atoms with van der Waals surface area (Å²) in [5.74, 6) is -3.99. The van der Waals surface area contributed by atoms with Crippen molar-refractivity contribution < 1.29 is 23.7 Å². The van der Waals surface area contributed by atoms with Crippen molar-refractivity contribution in [3.05, 3.63) is 11.8 Å². The Labute approximate surface area is 83.3 Å².